The maximum atomic E-state index is 12.8. The van der Waals surface area contributed by atoms with E-state index in [1.54, 1.807) is 0 Å². The average molecular weight is 389 g/mol. The molecule has 3 heterocycles. The molecule has 0 saturated carbocycles. The van der Waals surface area contributed by atoms with Crippen LogP contribution in [-0.2, 0) is 11.2 Å². The predicted molar refractivity (Wildman–Crippen MR) is 102 cm³/mol. The van der Waals surface area contributed by atoms with Crippen molar-refractivity contribution in [3.05, 3.63) is 59.4 Å². The van der Waals surface area contributed by atoms with Gasteiger partial charge in [-0.1, -0.05) is 29.4 Å². The zero-order chi connectivity index (χ0) is 19.4. The van der Waals surface area contributed by atoms with Gasteiger partial charge in [-0.05, 0) is 42.2 Å². The number of aryl methyl sites for hydroxylation is 1. The Morgan fingerprint density at radius 2 is 1.97 bits per heavy atom. The van der Waals surface area contributed by atoms with Crippen molar-refractivity contribution < 1.29 is 18.8 Å². The number of benzene rings is 2. The van der Waals surface area contributed by atoms with Gasteiger partial charge in [0.25, 0.3) is 5.89 Å². The van der Waals surface area contributed by atoms with Gasteiger partial charge in [0.1, 0.15) is 0 Å². The van der Waals surface area contributed by atoms with Crippen LogP contribution < -0.4 is 9.47 Å². The molecule has 6 rings (SSSR count). The zero-order valence-electron chi connectivity index (χ0n) is 15.7. The van der Waals surface area contributed by atoms with Crippen LogP contribution in [0.15, 0.2) is 47.0 Å². The Bertz CT molecular complexity index is 1110. The molecule has 2 atom stereocenters. The highest BCUT2D eigenvalue weighted by Gasteiger charge is 2.40. The van der Waals surface area contributed by atoms with Gasteiger partial charge in [-0.2, -0.15) is 4.98 Å². The number of aromatic nitrogens is 2. The Kier molecular flexibility index (Phi) is 3.62. The first-order valence-corrected chi connectivity index (χ1v) is 9.87. The van der Waals surface area contributed by atoms with Crippen molar-refractivity contribution in [2.45, 2.75) is 31.2 Å². The number of amides is 1. The Labute approximate surface area is 167 Å². The molecule has 1 aromatic heterocycles. The summed E-state index contributed by atoms with van der Waals surface area (Å²) in [6, 6.07) is 14.1. The van der Waals surface area contributed by atoms with Gasteiger partial charge in [0, 0.05) is 24.4 Å². The van der Waals surface area contributed by atoms with E-state index < -0.39 is 0 Å². The van der Waals surface area contributed by atoms with Crippen molar-refractivity contribution in [2.75, 3.05) is 13.3 Å². The summed E-state index contributed by atoms with van der Waals surface area (Å²) in [6.07, 6.45) is 2.41. The molecule has 1 aliphatic carbocycles. The van der Waals surface area contributed by atoms with Crippen molar-refractivity contribution in [3.8, 4) is 23.0 Å². The van der Waals surface area contributed by atoms with Crippen molar-refractivity contribution in [2.24, 2.45) is 0 Å². The van der Waals surface area contributed by atoms with Crippen LogP contribution in [0.1, 0.15) is 41.8 Å². The molecule has 1 saturated heterocycles. The maximum absolute atomic E-state index is 12.8. The molecule has 2 aromatic carbocycles. The van der Waals surface area contributed by atoms with Crippen LogP contribution in [0.3, 0.4) is 0 Å². The molecule has 3 aromatic rings. The minimum absolute atomic E-state index is 0.0539. The van der Waals surface area contributed by atoms with Gasteiger partial charge in [-0.25, -0.2) is 0 Å². The number of rotatable bonds is 3. The van der Waals surface area contributed by atoms with E-state index in [2.05, 4.69) is 28.3 Å². The van der Waals surface area contributed by atoms with Gasteiger partial charge in [0.2, 0.25) is 12.7 Å². The average Bonchev–Trinajstić information content (AvgIpc) is 3.52. The largest absolute Gasteiger partial charge is 0.454 e. The van der Waals surface area contributed by atoms with E-state index in [4.69, 9.17) is 14.0 Å². The second-order valence-corrected chi connectivity index (χ2v) is 7.73. The van der Waals surface area contributed by atoms with Gasteiger partial charge >= 0.3 is 0 Å². The highest BCUT2D eigenvalue weighted by molar-refractivity contribution is 5.80. The fourth-order valence-electron chi connectivity index (χ4n) is 4.61. The molecule has 146 valence electrons. The standard InChI is InChI=1S/C22H19N3O4/c26-20-10-15(11-25(20)17-7-5-13-3-1-2-4-16(13)17)21-23-22(29-24-21)14-6-8-18-19(9-14)28-12-27-18/h1-4,6,8-9,15,17H,5,7,10-12H2. The van der Waals surface area contributed by atoms with Gasteiger partial charge < -0.3 is 18.9 Å². The van der Waals surface area contributed by atoms with Crippen LogP contribution in [0.5, 0.6) is 11.5 Å². The third-order valence-electron chi connectivity index (χ3n) is 6.06. The lowest BCUT2D eigenvalue weighted by Gasteiger charge is -2.25. The number of likely N-dealkylation sites (tertiary alicyclic amines) is 1. The molecule has 7 heteroatoms. The van der Waals surface area contributed by atoms with E-state index in [0.29, 0.717) is 36.2 Å². The maximum Gasteiger partial charge on any atom is 0.258 e. The summed E-state index contributed by atoms with van der Waals surface area (Å²) in [6.45, 7) is 0.843. The molecule has 0 radical (unpaired) electrons. The molecule has 1 fully saturated rings. The second kappa shape index (κ2) is 6.34. The van der Waals surface area contributed by atoms with Crippen LogP contribution in [0.25, 0.3) is 11.5 Å². The number of carbonyl (C=O) groups is 1. The molecule has 0 bridgehead atoms. The Hall–Kier alpha value is -3.35. The first-order valence-electron chi connectivity index (χ1n) is 9.87. The summed E-state index contributed by atoms with van der Waals surface area (Å²) in [4.78, 5) is 19.3. The zero-order valence-corrected chi connectivity index (χ0v) is 15.7. The van der Waals surface area contributed by atoms with Crippen LogP contribution in [0.4, 0.5) is 0 Å². The summed E-state index contributed by atoms with van der Waals surface area (Å²) in [5.74, 6) is 2.50. The third kappa shape index (κ3) is 2.68. The van der Waals surface area contributed by atoms with Crippen LogP contribution in [-0.4, -0.2) is 34.3 Å². The van der Waals surface area contributed by atoms with Crippen LogP contribution in [0.2, 0.25) is 0 Å². The Balaban J connectivity index is 1.23. The van der Waals surface area contributed by atoms with Crippen molar-refractivity contribution in [3.63, 3.8) is 0 Å². The molecular weight excluding hydrogens is 370 g/mol. The third-order valence-corrected chi connectivity index (χ3v) is 6.06. The molecular formula is C22H19N3O4. The number of nitrogens with zero attached hydrogens (tertiary/aromatic N) is 3. The van der Waals surface area contributed by atoms with Crippen molar-refractivity contribution in [1.29, 1.82) is 0 Å². The molecule has 0 N–H and O–H groups in total. The first kappa shape index (κ1) is 16.6. The smallest absolute Gasteiger partial charge is 0.258 e. The fraction of sp³-hybridized carbons (Fsp3) is 0.318. The van der Waals surface area contributed by atoms with Gasteiger partial charge in [-0.15, -0.1) is 0 Å². The molecule has 29 heavy (non-hydrogen) atoms. The molecule has 7 nitrogen and oxygen atoms in total. The number of fused-ring (bicyclic) bond motifs is 2. The van der Waals surface area contributed by atoms with E-state index in [1.807, 2.05) is 29.2 Å². The summed E-state index contributed by atoms with van der Waals surface area (Å²) < 4.78 is 16.2. The van der Waals surface area contributed by atoms with Crippen LogP contribution >= 0.6 is 0 Å². The lowest BCUT2D eigenvalue weighted by atomic mass is 10.1. The van der Waals surface area contributed by atoms with E-state index in [-0.39, 0.29) is 24.7 Å². The van der Waals surface area contributed by atoms with E-state index in [9.17, 15) is 4.79 Å². The molecule has 0 spiro atoms. The summed E-state index contributed by atoms with van der Waals surface area (Å²) >= 11 is 0. The molecule has 2 unspecified atom stereocenters. The number of ether oxygens (including phenoxy) is 2. The summed E-state index contributed by atoms with van der Waals surface area (Å²) in [5, 5.41) is 4.17. The first-order chi connectivity index (χ1) is 14.3. The lowest BCUT2D eigenvalue weighted by molar-refractivity contribution is -0.129. The summed E-state index contributed by atoms with van der Waals surface area (Å²) in [7, 11) is 0. The van der Waals surface area contributed by atoms with E-state index >= 15 is 0 Å². The van der Waals surface area contributed by atoms with E-state index in [0.717, 1.165) is 18.4 Å². The predicted octanol–water partition coefficient (Wildman–Crippen LogP) is 3.47. The monoisotopic (exact) mass is 389 g/mol. The van der Waals surface area contributed by atoms with Gasteiger partial charge in [-0.3, -0.25) is 4.79 Å². The van der Waals surface area contributed by atoms with Gasteiger partial charge in [0.05, 0.1) is 6.04 Å². The van der Waals surface area contributed by atoms with E-state index in [1.165, 1.54) is 11.1 Å². The Morgan fingerprint density at radius 3 is 2.93 bits per heavy atom. The Morgan fingerprint density at radius 1 is 1.07 bits per heavy atom. The van der Waals surface area contributed by atoms with Gasteiger partial charge in [0.15, 0.2) is 17.3 Å². The fourth-order valence-corrected chi connectivity index (χ4v) is 4.61. The molecule has 1 amide bonds. The minimum atomic E-state index is -0.0539. The highest BCUT2D eigenvalue weighted by Crippen LogP contribution is 2.41. The minimum Gasteiger partial charge on any atom is -0.454 e. The van der Waals surface area contributed by atoms with Crippen LogP contribution in [0, 0.1) is 0 Å². The molecule has 3 aliphatic rings. The number of carbonyl (C=O) groups excluding carboxylic acids is 1. The normalized spacial score (nSPS) is 22.3. The lowest BCUT2D eigenvalue weighted by Crippen LogP contribution is -2.28. The highest BCUT2D eigenvalue weighted by atomic mass is 16.7. The second-order valence-electron chi connectivity index (χ2n) is 7.73. The van der Waals surface area contributed by atoms with Crippen molar-refractivity contribution in [1.82, 2.24) is 15.0 Å². The quantitative estimate of drug-likeness (QED) is 0.683. The number of hydrogen-bond donors (Lipinski definition) is 0. The SMILES string of the molecule is O=C1CC(c2noc(-c3ccc4c(c3)OCO4)n2)CN1C1CCc2ccccc21. The number of hydrogen-bond acceptors (Lipinski definition) is 6. The van der Waals surface area contributed by atoms with Crippen molar-refractivity contribution >= 4 is 5.91 Å². The summed E-state index contributed by atoms with van der Waals surface area (Å²) in [5.41, 5.74) is 3.40. The molecule has 2 aliphatic heterocycles. The topological polar surface area (TPSA) is 77.7 Å².